The van der Waals surface area contributed by atoms with Crippen molar-refractivity contribution in [1.82, 2.24) is 9.97 Å². The normalized spacial score (nSPS) is 13.0. The van der Waals surface area contributed by atoms with Crippen LogP contribution in [0.25, 0.3) is 0 Å². The first kappa shape index (κ1) is 32.7. The van der Waals surface area contributed by atoms with Gasteiger partial charge < -0.3 is 32.8 Å². The molecule has 0 radical (unpaired) electrons. The molecule has 2 aliphatic rings. The van der Waals surface area contributed by atoms with Crippen LogP contribution in [0.4, 0.5) is 11.6 Å². The van der Waals surface area contributed by atoms with E-state index in [2.05, 4.69) is 30.8 Å². The van der Waals surface area contributed by atoms with Gasteiger partial charge >= 0.3 is 138 Å². The summed E-state index contributed by atoms with van der Waals surface area (Å²) in [5.74, 6) is 1.75. The molecule has 29 heavy (non-hydrogen) atoms. The molecule has 2 aromatic heterocycles. The SMILES string of the molecule is BrC1CC1.Nc1cc(=O)cc[nH]1.Nc1cc(OC2CC2)ccn1.O=CO[O-].[Cs+].[Cs+].[H-]. The number of nitrogen functional groups attached to an aromatic ring is 2. The van der Waals surface area contributed by atoms with E-state index in [1.165, 1.54) is 44.0 Å². The summed E-state index contributed by atoms with van der Waals surface area (Å²) in [4.78, 5) is 29.1. The zero-order valence-corrected chi connectivity index (χ0v) is 30.7. The number of rotatable bonds is 3. The maximum absolute atomic E-state index is 10.4. The number of nitrogens with one attached hydrogen (secondary N) is 1. The van der Waals surface area contributed by atoms with E-state index in [4.69, 9.17) is 26.3 Å². The Balaban J connectivity index is -0.000000341. The summed E-state index contributed by atoms with van der Waals surface area (Å²) < 4.78 is 5.49. The second kappa shape index (κ2) is 20.1. The third-order valence-electron chi connectivity index (χ3n) is 2.92. The van der Waals surface area contributed by atoms with Crippen molar-refractivity contribution in [2.45, 2.75) is 36.6 Å². The van der Waals surface area contributed by atoms with Crippen LogP contribution in [0.5, 0.6) is 5.75 Å². The minimum absolute atomic E-state index is 0. The summed E-state index contributed by atoms with van der Waals surface area (Å²) >= 11 is 3.38. The Morgan fingerprint density at radius 1 is 1.21 bits per heavy atom. The molecule has 4 rings (SSSR count). The van der Waals surface area contributed by atoms with Crippen molar-refractivity contribution in [3.8, 4) is 5.75 Å². The summed E-state index contributed by atoms with van der Waals surface area (Å²) in [6.45, 7) is -0.181. The average Bonchev–Trinajstić information content (AvgIpc) is 3.55. The zero-order chi connectivity index (χ0) is 20.1. The number of carbonyl (C=O) groups is 1. The monoisotopic (exact) mass is 708 g/mol. The van der Waals surface area contributed by atoms with E-state index >= 15 is 0 Å². The summed E-state index contributed by atoms with van der Waals surface area (Å²) in [6.07, 6.45) is 8.74. The van der Waals surface area contributed by atoms with Crippen molar-refractivity contribution in [1.29, 1.82) is 0 Å². The fourth-order valence-electron chi connectivity index (χ4n) is 1.41. The van der Waals surface area contributed by atoms with Crippen LogP contribution in [0.3, 0.4) is 0 Å². The maximum atomic E-state index is 10.4. The second-order valence-electron chi connectivity index (χ2n) is 5.58. The van der Waals surface area contributed by atoms with E-state index in [-0.39, 0.29) is 151 Å². The van der Waals surface area contributed by atoms with Gasteiger partial charge in [-0.05, 0) is 31.7 Å². The predicted octanol–water partition coefficient (Wildman–Crippen LogP) is -4.74. The number of H-pyrrole nitrogens is 1. The number of ether oxygens (including phenoxy) is 1. The Morgan fingerprint density at radius 2 is 1.79 bits per heavy atom. The van der Waals surface area contributed by atoms with Crippen LogP contribution in [0, 0.1) is 0 Å². The van der Waals surface area contributed by atoms with Gasteiger partial charge in [-0.15, -0.1) is 0 Å². The fraction of sp³-hybridized carbons (Fsp3) is 0.353. The minimum Gasteiger partial charge on any atom is -1.00 e. The van der Waals surface area contributed by atoms with Crippen LogP contribution in [-0.2, 0) is 9.68 Å². The first-order valence-corrected chi connectivity index (χ1v) is 9.05. The van der Waals surface area contributed by atoms with Crippen LogP contribution in [0.1, 0.15) is 27.1 Å². The predicted molar refractivity (Wildman–Crippen MR) is 104 cm³/mol. The van der Waals surface area contributed by atoms with Gasteiger partial charge in [0.1, 0.15) is 17.4 Å². The number of aromatic nitrogens is 2. The average molecular weight is 709 g/mol. The molecule has 0 saturated heterocycles. The molecular weight excluding hydrogens is 686 g/mol. The second-order valence-corrected chi connectivity index (χ2v) is 6.88. The molecule has 2 heterocycles. The molecule has 150 valence electrons. The molecule has 0 aromatic carbocycles. The van der Waals surface area contributed by atoms with Gasteiger partial charge in [-0.2, -0.15) is 0 Å². The number of hydrogen-bond donors (Lipinski definition) is 3. The van der Waals surface area contributed by atoms with Gasteiger partial charge in [0.2, 0.25) is 0 Å². The fourth-order valence-corrected chi connectivity index (χ4v) is 1.67. The van der Waals surface area contributed by atoms with Crippen LogP contribution in [0.15, 0.2) is 41.5 Å². The molecule has 2 fully saturated rings. The molecule has 2 saturated carbocycles. The Hall–Kier alpha value is 1.51. The van der Waals surface area contributed by atoms with Gasteiger partial charge in [0, 0.05) is 35.4 Å². The molecule has 0 aliphatic heterocycles. The Kier molecular flexibility index (Phi) is 22.7. The quantitative estimate of drug-likeness (QED) is 0.124. The Labute approximate surface area is 296 Å². The van der Waals surface area contributed by atoms with E-state index < -0.39 is 0 Å². The van der Waals surface area contributed by atoms with Gasteiger partial charge in [0.05, 0.1) is 6.10 Å². The minimum atomic E-state index is -0.181. The summed E-state index contributed by atoms with van der Waals surface area (Å²) in [6, 6.07) is 6.32. The maximum Gasteiger partial charge on any atom is 1.00 e. The number of nitrogens with zero attached hydrogens (tertiary/aromatic N) is 1. The van der Waals surface area contributed by atoms with Crippen LogP contribution >= 0.6 is 15.9 Å². The summed E-state index contributed by atoms with van der Waals surface area (Å²) in [7, 11) is 0. The Morgan fingerprint density at radius 3 is 2.14 bits per heavy atom. The van der Waals surface area contributed by atoms with Crippen LogP contribution in [-0.4, -0.2) is 27.4 Å². The van der Waals surface area contributed by atoms with Crippen LogP contribution < -0.4 is 165 Å². The van der Waals surface area contributed by atoms with Crippen molar-refractivity contribution in [3.63, 3.8) is 0 Å². The van der Waals surface area contributed by atoms with Crippen molar-refractivity contribution in [3.05, 3.63) is 46.9 Å². The molecule has 2 aromatic rings. The molecule has 0 spiro atoms. The number of anilines is 2. The number of halogens is 1. The number of hydrogen-bond acceptors (Lipinski definition) is 8. The topological polar surface area (TPSA) is 156 Å². The summed E-state index contributed by atoms with van der Waals surface area (Å²) in [5, 5.41) is 8.43. The van der Waals surface area contributed by atoms with Crippen LogP contribution in [0.2, 0.25) is 0 Å². The molecule has 9 nitrogen and oxygen atoms in total. The first-order valence-electron chi connectivity index (χ1n) is 8.13. The number of aromatic amines is 1. The number of carbonyl (C=O) groups excluding carboxylic acids is 1. The van der Waals surface area contributed by atoms with E-state index in [0.717, 1.165) is 10.6 Å². The first-order chi connectivity index (χ1) is 12.9. The van der Waals surface area contributed by atoms with Crippen molar-refractivity contribution in [2.24, 2.45) is 0 Å². The molecule has 12 heteroatoms. The van der Waals surface area contributed by atoms with E-state index in [1.54, 1.807) is 12.3 Å². The standard InChI is InChI=1S/C8H10N2O.C5H6N2O.C3H5Br.CH2O3.2Cs.H/c9-8-5-7(3-4-10-8)11-6-1-2-6;6-5-3-4(8)1-2-7-5;4-3-1-2-3;2-1-4-3;;;/h3-6H,1-2H2,(H2,9,10);1-3H,(H3,6,7,8);3H,1-2H2;1,3H;;;/q;;;;2*+1;-1/p-1. The molecule has 0 unspecified atom stereocenters. The Bertz CT molecular complexity index is 752. The van der Waals surface area contributed by atoms with E-state index in [1.807, 2.05) is 6.07 Å². The largest absolute Gasteiger partial charge is 1.00 e. The van der Waals surface area contributed by atoms with Crippen molar-refractivity contribution in [2.75, 3.05) is 11.5 Å². The molecular formula is C17H23BrCs2N4O5. The van der Waals surface area contributed by atoms with E-state index in [0.29, 0.717) is 17.7 Å². The molecule has 0 atom stereocenters. The van der Waals surface area contributed by atoms with E-state index in [9.17, 15) is 4.79 Å². The zero-order valence-electron chi connectivity index (χ0n) is 17.5. The molecule has 0 amide bonds. The number of nitrogens with two attached hydrogens (primary N) is 2. The molecule has 5 N–H and O–H groups in total. The molecule has 0 bridgehead atoms. The third-order valence-corrected chi connectivity index (χ3v) is 3.84. The number of alkyl halides is 1. The summed E-state index contributed by atoms with van der Waals surface area (Å²) in [5.41, 5.74) is 10.6. The van der Waals surface area contributed by atoms with Crippen molar-refractivity contribution >= 4 is 34.0 Å². The number of pyridine rings is 2. The molecule has 2 aliphatic carbocycles. The van der Waals surface area contributed by atoms with Gasteiger partial charge in [-0.1, -0.05) is 15.9 Å². The van der Waals surface area contributed by atoms with Gasteiger partial charge in [-0.25, -0.2) is 4.98 Å². The van der Waals surface area contributed by atoms with Crippen molar-refractivity contribution < 1.29 is 159 Å². The van der Waals surface area contributed by atoms with Gasteiger partial charge in [0.15, 0.2) is 5.43 Å². The third kappa shape index (κ3) is 21.1. The van der Waals surface area contributed by atoms with Gasteiger partial charge in [0.25, 0.3) is 6.47 Å². The smallest absolute Gasteiger partial charge is 1.00 e. The van der Waals surface area contributed by atoms with Gasteiger partial charge in [-0.3, -0.25) is 9.59 Å².